The number of furan rings is 1. The highest BCUT2D eigenvalue weighted by Gasteiger charge is 2.36. The highest BCUT2D eigenvalue weighted by Crippen LogP contribution is 2.36. The summed E-state index contributed by atoms with van der Waals surface area (Å²) in [4.78, 5) is 26.1. The van der Waals surface area contributed by atoms with Gasteiger partial charge < -0.3 is 4.42 Å². The van der Waals surface area contributed by atoms with Gasteiger partial charge in [0.2, 0.25) is 0 Å². The molecule has 0 saturated carbocycles. The van der Waals surface area contributed by atoms with E-state index in [0.29, 0.717) is 21.0 Å². The van der Waals surface area contributed by atoms with Crippen LogP contribution < -0.4 is 4.90 Å². The Morgan fingerprint density at radius 2 is 1.91 bits per heavy atom. The minimum absolute atomic E-state index is 0.300. The molecule has 1 saturated heterocycles. The van der Waals surface area contributed by atoms with E-state index in [2.05, 4.69) is 22.9 Å². The van der Waals surface area contributed by atoms with Gasteiger partial charge in [-0.15, -0.1) is 0 Å². The zero-order valence-electron chi connectivity index (χ0n) is 11.7. The van der Waals surface area contributed by atoms with Gasteiger partial charge in [0.15, 0.2) is 4.67 Å². The van der Waals surface area contributed by atoms with Gasteiger partial charge in [0, 0.05) is 6.08 Å². The largest absolute Gasteiger partial charge is 0.450 e. The Morgan fingerprint density at radius 3 is 2.50 bits per heavy atom. The first kappa shape index (κ1) is 15.1. The molecule has 0 aliphatic carbocycles. The van der Waals surface area contributed by atoms with Crippen molar-refractivity contribution in [1.29, 1.82) is 0 Å². The van der Waals surface area contributed by atoms with E-state index in [0.717, 1.165) is 23.7 Å². The number of halogens is 1. The van der Waals surface area contributed by atoms with Gasteiger partial charge in [-0.3, -0.25) is 9.59 Å². The number of rotatable bonds is 3. The van der Waals surface area contributed by atoms with Gasteiger partial charge in [-0.2, -0.15) is 0 Å². The van der Waals surface area contributed by atoms with Gasteiger partial charge in [0.05, 0.1) is 10.6 Å². The lowest BCUT2D eigenvalue weighted by molar-refractivity contribution is -0.113. The van der Waals surface area contributed by atoms with E-state index in [4.69, 9.17) is 4.42 Å². The van der Waals surface area contributed by atoms with Crippen LogP contribution in [0.3, 0.4) is 0 Å². The van der Waals surface area contributed by atoms with Crippen molar-refractivity contribution in [2.45, 2.75) is 13.3 Å². The van der Waals surface area contributed by atoms with Crippen LogP contribution in [0.2, 0.25) is 0 Å². The molecule has 0 radical (unpaired) electrons. The maximum absolute atomic E-state index is 12.4. The Kier molecular flexibility index (Phi) is 4.22. The first-order chi connectivity index (χ1) is 10.6. The quantitative estimate of drug-likeness (QED) is 0.717. The van der Waals surface area contributed by atoms with Crippen molar-refractivity contribution in [3.63, 3.8) is 0 Å². The number of amides is 2. The zero-order valence-corrected chi connectivity index (χ0v) is 14.1. The Hall–Kier alpha value is -1.79. The zero-order chi connectivity index (χ0) is 15.7. The molecular weight excluding hydrogens is 366 g/mol. The summed E-state index contributed by atoms with van der Waals surface area (Å²) in [7, 11) is 0. The first-order valence-electron chi connectivity index (χ1n) is 6.70. The fraction of sp³-hybridized carbons (Fsp3) is 0.125. The number of carbonyl (C=O) groups is 2. The van der Waals surface area contributed by atoms with Crippen LogP contribution in [-0.4, -0.2) is 11.1 Å². The average molecular weight is 378 g/mol. The van der Waals surface area contributed by atoms with Gasteiger partial charge in [0.1, 0.15) is 5.76 Å². The summed E-state index contributed by atoms with van der Waals surface area (Å²) in [5.74, 6) is 0.200. The Bertz CT molecular complexity index is 764. The first-order valence-corrected chi connectivity index (χ1v) is 8.31. The molecule has 112 valence electrons. The third-order valence-corrected chi connectivity index (χ3v) is 4.56. The van der Waals surface area contributed by atoms with Crippen molar-refractivity contribution in [2.24, 2.45) is 0 Å². The molecule has 0 atom stereocenters. The van der Waals surface area contributed by atoms with E-state index in [1.54, 1.807) is 30.3 Å². The molecule has 2 amide bonds. The van der Waals surface area contributed by atoms with Gasteiger partial charge >= 0.3 is 0 Å². The molecule has 0 unspecified atom stereocenters. The molecule has 0 N–H and O–H groups in total. The van der Waals surface area contributed by atoms with E-state index in [1.807, 2.05) is 12.1 Å². The molecule has 6 heteroatoms. The Morgan fingerprint density at radius 1 is 1.18 bits per heavy atom. The molecule has 1 aliphatic rings. The molecule has 0 bridgehead atoms. The molecule has 2 aromatic rings. The number of hydrogen-bond donors (Lipinski definition) is 0. The summed E-state index contributed by atoms with van der Waals surface area (Å²) in [6.07, 6.45) is 2.49. The van der Waals surface area contributed by atoms with Crippen molar-refractivity contribution < 1.29 is 14.0 Å². The van der Waals surface area contributed by atoms with Crippen LogP contribution in [0.1, 0.15) is 18.2 Å². The minimum Gasteiger partial charge on any atom is -0.450 e. The maximum Gasteiger partial charge on any atom is 0.298 e. The number of thioether (sulfide) groups is 1. The summed E-state index contributed by atoms with van der Waals surface area (Å²) in [5.41, 5.74) is 1.75. The monoisotopic (exact) mass is 377 g/mol. The second-order valence-electron chi connectivity index (χ2n) is 4.68. The summed E-state index contributed by atoms with van der Waals surface area (Å²) in [5, 5.41) is -0.300. The van der Waals surface area contributed by atoms with Gasteiger partial charge in [-0.1, -0.05) is 19.1 Å². The molecule has 2 heterocycles. The predicted molar refractivity (Wildman–Crippen MR) is 90.7 cm³/mol. The van der Waals surface area contributed by atoms with Crippen LogP contribution in [-0.2, 0) is 11.2 Å². The maximum atomic E-state index is 12.4. The van der Waals surface area contributed by atoms with E-state index >= 15 is 0 Å². The van der Waals surface area contributed by atoms with Crippen LogP contribution in [0.15, 0.2) is 50.4 Å². The van der Waals surface area contributed by atoms with Crippen LogP contribution in [0.25, 0.3) is 6.08 Å². The third kappa shape index (κ3) is 2.89. The van der Waals surface area contributed by atoms with Crippen LogP contribution in [0, 0.1) is 0 Å². The van der Waals surface area contributed by atoms with Crippen molar-refractivity contribution in [3.05, 3.63) is 57.3 Å². The lowest BCUT2D eigenvalue weighted by Crippen LogP contribution is -2.27. The SMILES string of the molecule is CCc1ccc(N2C(=O)S/C(=C/c3ccc(Br)o3)C2=O)cc1. The highest BCUT2D eigenvalue weighted by molar-refractivity contribution is 9.10. The fourth-order valence-corrected chi connectivity index (χ4v) is 3.25. The van der Waals surface area contributed by atoms with E-state index in [9.17, 15) is 9.59 Å². The number of benzene rings is 1. The summed E-state index contributed by atoms with van der Waals surface area (Å²) < 4.78 is 5.92. The molecule has 4 nitrogen and oxygen atoms in total. The van der Waals surface area contributed by atoms with Gasteiger partial charge in [-0.05, 0) is 63.9 Å². The van der Waals surface area contributed by atoms with E-state index < -0.39 is 0 Å². The van der Waals surface area contributed by atoms with Crippen LogP contribution in [0.5, 0.6) is 0 Å². The molecule has 1 aromatic carbocycles. The number of carbonyl (C=O) groups excluding carboxylic acids is 2. The highest BCUT2D eigenvalue weighted by atomic mass is 79.9. The van der Waals surface area contributed by atoms with Gasteiger partial charge in [-0.25, -0.2) is 4.90 Å². The number of aryl methyl sites for hydroxylation is 1. The topological polar surface area (TPSA) is 50.5 Å². The number of hydrogen-bond acceptors (Lipinski definition) is 4. The Balaban J connectivity index is 1.89. The van der Waals surface area contributed by atoms with E-state index in [1.165, 1.54) is 4.90 Å². The summed E-state index contributed by atoms with van der Waals surface area (Å²) in [6, 6.07) is 10.9. The summed E-state index contributed by atoms with van der Waals surface area (Å²) in [6.45, 7) is 2.05. The molecule has 1 fully saturated rings. The van der Waals surface area contributed by atoms with Gasteiger partial charge in [0.25, 0.3) is 11.1 Å². The minimum atomic E-state index is -0.327. The van der Waals surface area contributed by atoms with Crippen molar-refractivity contribution in [1.82, 2.24) is 0 Å². The molecule has 1 aliphatic heterocycles. The molecule has 0 spiro atoms. The van der Waals surface area contributed by atoms with Crippen molar-refractivity contribution >= 4 is 50.6 Å². The molecular formula is C16H12BrNO3S. The predicted octanol–water partition coefficient (Wildman–Crippen LogP) is 4.85. The third-order valence-electron chi connectivity index (χ3n) is 3.26. The standard InChI is InChI=1S/C16H12BrNO3S/c1-2-10-3-5-11(6-4-10)18-15(19)13(22-16(18)20)9-12-7-8-14(17)21-12/h3-9H,2H2,1H3/b13-9+. The van der Waals surface area contributed by atoms with Crippen molar-refractivity contribution in [2.75, 3.05) is 4.90 Å². The van der Waals surface area contributed by atoms with Crippen LogP contribution >= 0.6 is 27.7 Å². The van der Waals surface area contributed by atoms with E-state index in [-0.39, 0.29) is 11.1 Å². The molecule has 22 heavy (non-hydrogen) atoms. The molecule has 1 aromatic heterocycles. The second-order valence-corrected chi connectivity index (χ2v) is 6.45. The molecule has 3 rings (SSSR count). The normalized spacial score (nSPS) is 16.8. The van der Waals surface area contributed by atoms with Crippen molar-refractivity contribution in [3.8, 4) is 0 Å². The average Bonchev–Trinajstić information content (AvgIpc) is 3.03. The second kappa shape index (κ2) is 6.14. The Labute approximate surface area is 140 Å². The lowest BCUT2D eigenvalue weighted by Gasteiger charge is -2.12. The van der Waals surface area contributed by atoms with Crippen LogP contribution in [0.4, 0.5) is 10.5 Å². The smallest absolute Gasteiger partial charge is 0.298 e. The number of anilines is 1. The lowest BCUT2D eigenvalue weighted by atomic mass is 10.1. The number of nitrogens with zero attached hydrogens (tertiary/aromatic N) is 1. The fourth-order valence-electron chi connectivity index (χ4n) is 2.11. The number of imide groups is 1. The summed E-state index contributed by atoms with van der Waals surface area (Å²) >= 11 is 4.12.